The summed E-state index contributed by atoms with van der Waals surface area (Å²) in [5.41, 5.74) is 0. The number of hydrogen-bond donors (Lipinski definition) is 2. The Morgan fingerprint density at radius 1 is 1.50 bits per heavy atom. The van der Waals surface area contributed by atoms with Crippen molar-refractivity contribution < 1.29 is 9.32 Å². The number of carbonyl (C=O) groups is 1. The summed E-state index contributed by atoms with van der Waals surface area (Å²) in [6, 6.07) is 0.168. The lowest BCUT2D eigenvalue weighted by molar-refractivity contribution is 0.236. The molecule has 16 heavy (non-hydrogen) atoms. The molecule has 1 saturated carbocycles. The third kappa shape index (κ3) is 2.95. The molecule has 0 bridgehead atoms. The molecule has 0 unspecified atom stereocenters. The molecule has 2 rings (SSSR count). The number of hydrogen-bond acceptors (Lipinski definition) is 4. The molecule has 0 atom stereocenters. The number of rotatable bonds is 3. The minimum Gasteiger partial charge on any atom is -0.340 e. The molecule has 2 amide bonds. The molecule has 6 heteroatoms. The highest BCUT2D eigenvalue weighted by molar-refractivity contribution is 5.74. The van der Waals surface area contributed by atoms with E-state index in [9.17, 15) is 4.79 Å². The second kappa shape index (κ2) is 4.96. The fourth-order valence-electron chi connectivity index (χ4n) is 1.88. The molecule has 1 fully saturated rings. The van der Waals surface area contributed by atoms with E-state index in [4.69, 9.17) is 4.52 Å². The molecule has 0 spiro atoms. The molecule has 0 radical (unpaired) electrons. The van der Waals surface area contributed by atoms with Crippen LogP contribution in [-0.4, -0.2) is 22.2 Å². The lowest BCUT2D eigenvalue weighted by Gasteiger charge is -2.11. The highest BCUT2D eigenvalue weighted by Gasteiger charge is 2.16. The molecular formula is C10H16N4O2. The average Bonchev–Trinajstić information content (AvgIpc) is 2.87. The van der Waals surface area contributed by atoms with Gasteiger partial charge >= 0.3 is 6.03 Å². The van der Waals surface area contributed by atoms with Gasteiger partial charge in [0.2, 0.25) is 5.89 Å². The van der Waals surface area contributed by atoms with Crippen LogP contribution in [0.3, 0.4) is 0 Å². The Morgan fingerprint density at radius 3 is 2.88 bits per heavy atom. The Kier molecular flexibility index (Phi) is 3.38. The van der Waals surface area contributed by atoms with Crippen LogP contribution in [0.2, 0.25) is 0 Å². The molecule has 88 valence electrons. The lowest BCUT2D eigenvalue weighted by atomic mass is 10.2. The van der Waals surface area contributed by atoms with Crippen molar-refractivity contribution in [1.82, 2.24) is 20.8 Å². The Balaban J connectivity index is 1.71. The summed E-state index contributed by atoms with van der Waals surface area (Å²) in [5, 5.41) is 9.31. The number of urea groups is 1. The number of amides is 2. The predicted molar refractivity (Wildman–Crippen MR) is 56.7 cm³/mol. The SMILES string of the molecule is Cc1nc(CNC(=O)NC2CCCC2)no1. The van der Waals surface area contributed by atoms with Crippen LogP contribution in [-0.2, 0) is 6.54 Å². The average molecular weight is 224 g/mol. The van der Waals surface area contributed by atoms with Gasteiger partial charge in [-0.05, 0) is 12.8 Å². The van der Waals surface area contributed by atoms with Crippen molar-refractivity contribution in [3.63, 3.8) is 0 Å². The van der Waals surface area contributed by atoms with Crippen molar-refractivity contribution in [1.29, 1.82) is 0 Å². The van der Waals surface area contributed by atoms with Gasteiger partial charge < -0.3 is 15.2 Å². The van der Waals surface area contributed by atoms with E-state index in [0.717, 1.165) is 12.8 Å². The first-order valence-electron chi connectivity index (χ1n) is 5.57. The maximum Gasteiger partial charge on any atom is 0.315 e. The first-order valence-corrected chi connectivity index (χ1v) is 5.57. The van der Waals surface area contributed by atoms with Crippen LogP contribution in [0.5, 0.6) is 0 Å². The van der Waals surface area contributed by atoms with Gasteiger partial charge in [-0.2, -0.15) is 4.98 Å². The van der Waals surface area contributed by atoms with Gasteiger partial charge in [-0.3, -0.25) is 0 Å². The monoisotopic (exact) mass is 224 g/mol. The van der Waals surface area contributed by atoms with E-state index in [1.54, 1.807) is 6.92 Å². The van der Waals surface area contributed by atoms with E-state index in [-0.39, 0.29) is 6.03 Å². The number of nitrogens with zero attached hydrogens (tertiary/aromatic N) is 2. The van der Waals surface area contributed by atoms with Gasteiger partial charge in [0.25, 0.3) is 0 Å². The molecule has 1 heterocycles. The second-order valence-electron chi connectivity index (χ2n) is 4.04. The molecule has 1 aliphatic rings. The van der Waals surface area contributed by atoms with E-state index in [1.165, 1.54) is 12.8 Å². The standard InChI is InChI=1S/C10H16N4O2/c1-7-12-9(14-16-7)6-11-10(15)13-8-4-2-3-5-8/h8H,2-6H2,1H3,(H2,11,13,15). The van der Waals surface area contributed by atoms with Gasteiger partial charge in [0.1, 0.15) is 0 Å². The van der Waals surface area contributed by atoms with Crippen molar-refractivity contribution in [2.75, 3.05) is 0 Å². The van der Waals surface area contributed by atoms with Crippen LogP contribution in [0.25, 0.3) is 0 Å². The molecule has 6 nitrogen and oxygen atoms in total. The van der Waals surface area contributed by atoms with Gasteiger partial charge in [-0.15, -0.1) is 0 Å². The molecule has 0 aliphatic heterocycles. The van der Waals surface area contributed by atoms with Crippen molar-refractivity contribution in [3.8, 4) is 0 Å². The Morgan fingerprint density at radius 2 is 2.25 bits per heavy atom. The van der Waals surface area contributed by atoms with Crippen LogP contribution in [0.15, 0.2) is 4.52 Å². The zero-order valence-corrected chi connectivity index (χ0v) is 9.32. The highest BCUT2D eigenvalue weighted by Crippen LogP contribution is 2.17. The van der Waals surface area contributed by atoms with Crippen molar-refractivity contribution in [2.45, 2.75) is 45.2 Å². The lowest BCUT2D eigenvalue weighted by Crippen LogP contribution is -2.40. The smallest absolute Gasteiger partial charge is 0.315 e. The van der Waals surface area contributed by atoms with E-state index in [2.05, 4.69) is 20.8 Å². The van der Waals surface area contributed by atoms with Gasteiger partial charge in [0, 0.05) is 13.0 Å². The zero-order chi connectivity index (χ0) is 11.4. The molecular weight excluding hydrogens is 208 g/mol. The summed E-state index contributed by atoms with van der Waals surface area (Å²) >= 11 is 0. The van der Waals surface area contributed by atoms with Gasteiger partial charge in [0.15, 0.2) is 5.82 Å². The van der Waals surface area contributed by atoms with Gasteiger partial charge in [0.05, 0.1) is 6.54 Å². The summed E-state index contributed by atoms with van der Waals surface area (Å²) < 4.78 is 4.80. The number of nitrogens with one attached hydrogen (secondary N) is 2. The van der Waals surface area contributed by atoms with E-state index < -0.39 is 0 Å². The van der Waals surface area contributed by atoms with Crippen LogP contribution in [0, 0.1) is 6.92 Å². The fourth-order valence-corrected chi connectivity index (χ4v) is 1.88. The Bertz CT molecular complexity index is 357. The van der Waals surface area contributed by atoms with Crippen molar-refractivity contribution in [3.05, 3.63) is 11.7 Å². The van der Waals surface area contributed by atoms with Crippen LogP contribution in [0.1, 0.15) is 37.4 Å². The number of aryl methyl sites for hydroxylation is 1. The summed E-state index contributed by atoms with van der Waals surface area (Å²) in [5.74, 6) is 1.01. The number of aromatic nitrogens is 2. The molecule has 1 aromatic rings. The molecule has 1 aliphatic carbocycles. The summed E-state index contributed by atoms with van der Waals surface area (Å²) in [7, 11) is 0. The summed E-state index contributed by atoms with van der Waals surface area (Å²) in [4.78, 5) is 15.5. The zero-order valence-electron chi connectivity index (χ0n) is 9.32. The Labute approximate surface area is 93.8 Å². The van der Waals surface area contributed by atoms with Gasteiger partial charge in [-0.25, -0.2) is 4.79 Å². The van der Waals surface area contributed by atoms with Crippen molar-refractivity contribution in [2.24, 2.45) is 0 Å². The highest BCUT2D eigenvalue weighted by atomic mass is 16.5. The number of carbonyl (C=O) groups excluding carboxylic acids is 1. The minimum absolute atomic E-state index is 0.158. The van der Waals surface area contributed by atoms with Crippen LogP contribution >= 0.6 is 0 Å². The minimum atomic E-state index is -0.158. The van der Waals surface area contributed by atoms with Crippen LogP contribution in [0.4, 0.5) is 4.79 Å². The third-order valence-electron chi connectivity index (χ3n) is 2.67. The van der Waals surface area contributed by atoms with E-state index >= 15 is 0 Å². The fraction of sp³-hybridized carbons (Fsp3) is 0.700. The molecule has 2 N–H and O–H groups in total. The first kappa shape index (κ1) is 10.9. The van der Waals surface area contributed by atoms with E-state index in [1.807, 2.05) is 0 Å². The normalized spacial score (nSPS) is 16.3. The van der Waals surface area contributed by atoms with Crippen LogP contribution < -0.4 is 10.6 Å². The van der Waals surface area contributed by atoms with Gasteiger partial charge in [-0.1, -0.05) is 18.0 Å². The quantitative estimate of drug-likeness (QED) is 0.806. The topological polar surface area (TPSA) is 80.0 Å². The summed E-state index contributed by atoms with van der Waals surface area (Å²) in [6.45, 7) is 2.02. The molecule has 0 aromatic carbocycles. The maximum atomic E-state index is 11.5. The molecule has 0 saturated heterocycles. The Hall–Kier alpha value is -1.59. The third-order valence-corrected chi connectivity index (χ3v) is 2.67. The van der Waals surface area contributed by atoms with Crippen molar-refractivity contribution >= 4 is 6.03 Å². The predicted octanol–water partition coefficient (Wildman–Crippen LogP) is 1.12. The summed E-state index contributed by atoms with van der Waals surface area (Å²) in [6.07, 6.45) is 4.56. The van der Waals surface area contributed by atoms with E-state index in [0.29, 0.717) is 24.3 Å². The maximum absolute atomic E-state index is 11.5. The second-order valence-corrected chi connectivity index (χ2v) is 4.04. The molecule has 1 aromatic heterocycles. The largest absolute Gasteiger partial charge is 0.340 e. The first-order chi connectivity index (χ1) is 7.74.